The van der Waals surface area contributed by atoms with Gasteiger partial charge in [-0.2, -0.15) is 10.1 Å². The molecule has 186 valence electrons. The summed E-state index contributed by atoms with van der Waals surface area (Å²) in [6.45, 7) is 15.4. The average Bonchev–Trinajstić information content (AvgIpc) is 2.59. The highest BCUT2D eigenvalue weighted by Crippen LogP contribution is 2.58. The molecule has 0 radical (unpaired) electrons. The number of aliphatic carboxylic acids is 2. The van der Waals surface area contributed by atoms with Gasteiger partial charge in [0.1, 0.15) is 0 Å². The number of carboxylic acids is 2. The molecule has 0 amide bonds. The minimum absolute atomic E-state index is 0.0771. The lowest BCUT2D eigenvalue weighted by molar-refractivity contribution is -0.277. The van der Waals surface area contributed by atoms with E-state index in [0.717, 1.165) is 0 Å². The Morgan fingerprint density at radius 1 is 0.750 bits per heavy atom. The van der Waals surface area contributed by atoms with Crippen molar-refractivity contribution < 1.29 is 30.2 Å². The van der Waals surface area contributed by atoms with Crippen LogP contribution in [-0.2, 0) is 9.59 Å². The van der Waals surface area contributed by atoms with E-state index in [4.69, 9.17) is 0 Å². The fourth-order valence-electron chi connectivity index (χ4n) is 7.00. The standard InChI is InChI=1S/C24H44N2O6/c1-20(2)12-16(13-21(3,4)25(20)31)24(19(29)30,11-9-10-18(27)28)17-14-22(5,6)26(32)23(7,8)15-17/h16-17,31-32H,9-15H2,1-8H3,(H,27,28)(H,29,30). The molecule has 0 spiro atoms. The number of hydrogen-bond donors (Lipinski definition) is 4. The maximum atomic E-state index is 13.2. The smallest absolute Gasteiger partial charge is 0.310 e. The van der Waals surface area contributed by atoms with E-state index < -0.39 is 39.5 Å². The van der Waals surface area contributed by atoms with Crippen molar-refractivity contribution in [1.82, 2.24) is 10.1 Å². The third-order valence-corrected chi connectivity index (χ3v) is 8.11. The third-order valence-electron chi connectivity index (χ3n) is 8.11. The molecule has 8 nitrogen and oxygen atoms in total. The van der Waals surface area contributed by atoms with Crippen LogP contribution in [0, 0.1) is 17.3 Å². The van der Waals surface area contributed by atoms with Gasteiger partial charge in [0, 0.05) is 28.6 Å². The molecule has 2 aliphatic rings. The van der Waals surface area contributed by atoms with Crippen LogP contribution in [0.25, 0.3) is 0 Å². The molecule has 0 aliphatic carbocycles. The van der Waals surface area contributed by atoms with E-state index in [-0.39, 0.29) is 31.1 Å². The summed E-state index contributed by atoms with van der Waals surface area (Å²) in [6.07, 6.45) is 2.44. The minimum atomic E-state index is -1.15. The Labute approximate surface area is 192 Å². The van der Waals surface area contributed by atoms with Gasteiger partial charge in [0.15, 0.2) is 0 Å². The van der Waals surface area contributed by atoms with Crippen molar-refractivity contribution in [2.45, 2.75) is 122 Å². The maximum Gasteiger partial charge on any atom is 0.310 e. The molecule has 0 saturated carbocycles. The molecule has 0 aromatic heterocycles. The van der Waals surface area contributed by atoms with Gasteiger partial charge in [0.05, 0.1) is 5.41 Å². The molecule has 8 heteroatoms. The molecule has 0 atom stereocenters. The molecule has 0 aromatic carbocycles. The summed E-state index contributed by atoms with van der Waals surface area (Å²) in [5.41, 5.74) is -3.64. The van der Waals surface area contributed by atoms with Gasteiger partial charge in [-0.05, 0) is 106 Å². The molecule has 2 fully saturated rings. The lowest BCUT2D eigenvalue weighted by Crippen LogP contribution is -2.66. The van der Waals surface area contributed by atoms with E-state index in [1.807, 2.05) is 55.4 Å². The Hall–Kier alpha value is -1.22. The van der Waals surface area contributed by atoms with Gasteiger partial charge in [-0.3, -0.25) is 9.59 Å². The van der Waals surface area contributed by atoms with Crippen molar-refractivity contribution in [2.24, 2.45) is 17.3 Å². The first-order valence-electron chi connectivity index (χ1n) is 11.7. The highest BCUT2D eigenvalue weighted by Gasteiger charge is 2.61. The highest BCUT2D eigenvalue weighted by atomic mass is 16.5. The second-order valence-corrected chi connectivity index (χ2v) is 12.7. The van der Waals surface area contributed by atoms with Crippen LogP contribution < -0.4 is 0 Å². The van der Waals surface area contributed by atoms with Crippen LogP contribution in [0.2, 0.25) is 0 Å². The second-order valence-electron chi connectivity index (χ2n) is 12.7. The van der Waals surface area contributed by atoms with Gasteiger partial charge in [0.25, 0.3) is 0 Å². The summed E-state index contributed by atoms with van der Waals surface area (Å²) in [7, 11) is 0. The summed E-state index contributed by atoms with van der Waals surface area (Å²) in [6, 6.07) is 0. The molecule has 0 bridgehead atoms. The largest absolute Gasteiger partial charge is 0.481 e. The fourth-order valence-corrected chi connectivity index (χ4v) is 7.00. The van der Waals surface area contributed by atoms with Crippen LogP contribution >= 0.6 is 0 Å². The van der Waals surface area contributed by atoms with Crippen LogP contribution in [0.1, 0.15) is 100 Å². The highest BCUT2D eigenvalue weighted by molar-refractivity contribution is 5.76. The molecule has 2 saturated heterocycles. The van der Waals surface area contributed by atoms with Gasteiger partial charge in [-0.1, -0.05) is 0 Å². The van der Waals surface area contributed by atoms with E-state index in [1.165, 1.54) is 10.1 Å². The fraction of sp³-hybridized carbons (Fsp3) is 0.917. The number of hydrogen-bond acceptors (Lipinski definition) is 6. The summed E-state index contributed by atoms with van der Waals surface area (Å²) in [5, 5.41) is 44.4. The molecule has 0 unspecified atom stereocenters. The summed E-state index contributed by atoms with van der Waals surface area (Å²) < 4.78 is 0. The van der Waals surface area contributed by atoms with Crippen LogP contribution in [-0.4, -0.2) is 64.8 Å². The van der Waals surface area contributed by atoms with E-state index in [1.54, 1.807) is 0 Å². The van der Waals surface area contributed by atoms with Gasteiger partial charge in [-0.15, -0.1) is 0 Å². The Morgan fingerprint density at radius 2 is 1.06 bits per heavy atom. The van der Waals surface area contributed by atoms with E-state index in [0.29, 0.717) is 25.7 Å². The lowest BCUT2D eigenvalue weighted by atomic mass is 9.52. The summed E-state index contributed by atoms with van der Waals surface area (Å²) >= 11 is 0. The van der Waals surface area contributed by atoms with Crippen molar-refractivity contribution in [3.63, 3.8) is 0 Å². The van der Waals surface area contributed by atoms with E-state index in [2.05, 4.69) is 0 Å². The first-order chi connectivity index (χ1) is 14.3. The quantitative estimate of drug-likeness (QED) is 0.437. The third kappa shape index (κ3) is 4.83. The Balaban J connectivity index is 2.61. The molecular formula is C24H44N2O6. The molecular weight excluding hydrogens is 412 g/mol. The molecule has 2 rings (SSSR count). The number of carboxylic acid groups (broad SMARTS) is 2. The SMILES string of the molecule is CC1(C)CC(C(CCCC(=O)O)(C(=O)O)C2CC(C)(C)N(O)C(C)(C)C2)CC(C)(C)N1O. The Bertz CT molecular complexity index is 652. The van der Waals surface area contributed by atoms with Gasteiger partial charge < -0.3 is 20.6 Å². The normalized spacial score (nSPS) is 26.7. The lowest BCUT2D eigenvalue weighted by Gasteiger charge is -2.60. The Morgan fingerprint density at radius 3 is 1.31 bits per heavy atom. The number of carbonyl (C=O) groups is 2. The first kappa shape index (κ1) is 27.0. The summed E-state index contributed by atoms with van der Waals surface area (Å²) in [4.78, 5) is 24.5. The second kappa shape index (κ2) is 8.53. The zero-order valence-corrected chi connectivity index (χ0v) is 21.1. The molecule has 2 heterocycles. The van der Waals surface area contributed by atoms with E-state index >= 15 is 0 Å². The molecule has 4 N–H and O–H groups in total. The number of piperidine rings is 2. The Kier molecular flexibility index (Phi) is 7.20. The molecule has 32 heavy (non-hydrogen) atoms. The number of nitrogens with zero attached hydrogens (tertiary/aromatic N) is 2. The number of hydroxylamine groups is 4. The predicted octanol–water partition coefficient (Wildman–Crippen LogP) is 4.63. The van der Waals surface area contributed by atoms with Crippen molar-refractivity contribution >= 4 is 11.9 Å². The molecule has 2 aliphatic heterocycles. The van der Waals surface area contributed by atoms with Crippen LogP contribution in [0.3, 0.4) is 0 Å². The van der Waals surface area contributed by atoms with Crippen LogP contribution in [0.15, 0.2) is 0 Å². The van der Waals surface area contributed by atoms with Crippen LogP contribution in [0.4, 0.5) is 0 Å². The topological polar surface area (TPSA) is 122 Å². The molecule has 0 aromatic rings. The van der Waals surface area contributed by atoms with Gasteiger partial charge in [0.2, 0.25) is 0 Å². The van der Waals surface area contributed by atoms with E-state index in [9.17, 15) is 30.2 Å². The van der Waals surface area contributed by atoms with Gasteiger partial charge >= 0.3 is 11.9 Å². The minimum Gasteiger partial charge on any atom is -0.481 e. The average molecular weight is 457 g/mol. The monoisotopic (exact) mass is 456 g/mol. The van der Waals surface area contributed by atoms with Crippen LogP contribution in [0.5, 0.6) is 0 Å². The van der Waals surface area contributed by atoms with Crippen molar-refractivity contribution in [3.05, 3.63) is 0 Å². The predicted molar refractivity (Wildman–Crippen MR) is 121 cm³/mol. The number of rotatable bonds is 7. The van der Waals surface area contributed by atoms with Crippen molar-refractivity contribution in [1.29, 1.82) is 0 Å². The van der Waals surface area contributed by atoms with Crippen molar-refractivity contribution in [3.8, 4) is 0 Å². The zero-order valence-electron chi connectivity index (χ0n) is 21.1. The first-order valence-corrected chi connectivity index (χ1v) is 11.7. The zero-order chi connectivity index (χ0) is 24.9. The maximum absolute atomic E-state index is 13.2. The summed E-state index contributed by atoms with van der Waals surface area (Å²) in [5.74, 6) is -2.32. The van der Waals surface area contributed by atoms with Gasteiger partial charge in [-0.25, -0.2) is 0 Å². The van der Waals surface area contributed by atoms with Crippen molar-refractivity contribution in [2.75, 3.05) is 0 Å².